The summed E-state index contributed by atoms with van der Waals surface area (Å²) in [6.45, 7) is 4.71. The summed E-state index contributed by atoms with van der Waals surface area (Å²) in [5, 5.41) is 5.23. The molecule has 9 rings (SSSR count). The molecule has 0 amide bonds. The number of H-pyrrole nitrogens is 1. The third-order valence-electron chi connectivity index (χ3n) is 8.79. The van der Waals surface area contributed by atoms with E-state index in [0.29, 0.717) is 0 Å². The summed E-state index contributed by atoms with van der Waals surface area (Å²) in [6.07, 6.45) is 0. The van der Waals surface area contributed by atoms with Crippen LogP contribution in [0.15, 0.2) is 140 Å². The van der Waals surface area contributed by atoms with E-state index in [4.69, 9.17) is 0 Å². The zero-order valence-corrected chi connectivity index (χ0v) is 23.2. The van der Waals surface area contributed by atoms with Crippen LogP contribution >= 0.6 is 0 Å². The third kappa shape index (κ3) is 3.50. The predicted molar refractivity (Wildman–Crippen MR) is 174 cm³/mol. The third-order valence-corrected chi connectivity index (χ3v) is 8.79. The molecule has 2 heterocycles. The lowest BCUT2D eigenvalue weighted by molar-refractivity contribution is 0.656. The van der Waals surface area contributed by atoms with Gasteiger partial charge in [-0.05, 0) is 52.6 Å². The molecule has 1 aliphatic carbocycles. The van der Waals surface area contributed by atoms with Gasteiger partial charge in [0.25, 0.3) is 0 Å². The minimum Gasteiger partial charge on any atom is -0.355 e. The van der Waals surface area contributed by atoms with E-state index in [2.05, 4.69) is 163 Å². The van der Waals surface area contributed by atoms with E-state index in [9.17, 15) is 0 Å². The Bertz CT molecular complexity index is 2140. The van der Waals surface area contributed by atoms with Crippen molar-refractivity contribution in [2.24, 2.45) is 0 Å². The second-order valence-electron chi connectivity index (χ2n) is 11.5. The van der Waals surface area contributed by atoms with Crippen molar-refractivity contribution in [3.63, 3.8) is 0 Å². The van der Waals surface area contributed by atoms with E-state index < -0.39 is 0 Å². The highest BCUT2D eigenvalue weighted by molar-refractivity contribution is 6.10. The number of nitrogens with one attached hydrogen (secondary N) is 1. The highest BCUT2D eigenvalue weighted by atomic mass is 15.0. The maximum atomic E-state index is 3.38. The fourth-order valence-electron chi connectivity index (χ4n) is 6.99. The molecule has 8 aromatic rings. The molecule has 1 N–H and O–H groups in total. The van der Waals surface area contributed by atoms with E-state index in [0.717, 1.165) is 0 Å². The molecule has 0 unspecified atom stereocenters. The van der Waals surface area contributed by atoms with Gasteiger partial charge in [0.1, 0.15) is 0 Å². The number of para-hydroxylation sites is 4. The van der Waals surface area contributed by atoms with Gasteiger partial charge in [-0.3, -0.25) is 0 Å². The van der Waals surface area contributed by atoms with Gasteiger partial charge in [0, 0.05) is 38.0 Å². The van der Waals surface area contributed by atoms with Crippen molar-refractivity contribution in [3.05, 3.63) is 151 Å². The molecular weight excluding hydrogens is 496 g/mol. The van der Waals surface area contributed by atoms with Gasteiger partial charge in [0.2, 0.25) is 0 Å². The lowest BCUT2D eigenvalue weighted by Crippen LogP contribution is -2.17. The highest BCUT2D eigenvalue weighted by Gasteiger charge is 2.37. The van der Waals surface area contributed by atoms with Crippen molar-refractivity contribution in [3.8, 4) is 16.8 Å². The minimum absolute atomic E-state index is 0.0327. The quantitative estimate of drug-likeness (QED) is 0.220. The summed E-state index contributed by atoms with van der Waals surface area (Å²) >= 11 is 0. The normalized spacial score (nSPS) is 13.3. The Morgan fingerprint density at radius 3 is 1.59 bits per heavy atom. The molecule has 6 aromatic carbocycles. The maximum Gasteiger partial charge on any atom is 0.0541 e. The fourth-order valence-corrected chi connectivity index (χ4v) is 6.99. The number of aromatic nitrogens is 2. The first kappa shape index (κ1) is 23.8. The van der Waals surface area contributed by atoms with Gasteiger partial charge in [-0.1, -0.05) is 123 Å². The first-order chi connectivity index (χ1) is 20.1. The first-order valence-corrected chi connectivity index (χ1v) is 14.3. The van der Waals surface area contributed by atoms with Crippen LogP contribution in [0.2, 0.25) is 0 Å². The largest absolute Gasteiger partial charge is 0.355 e. The number of nitrogens with zero attached hydrogens (tertiary/aromatic N) is 1. The van der Waals surface area contributed by atoms with Crippen LogP contribution in [0.3, 0.4) is 0 Å². The summed E-state index contributed by atoms with van der Waals surface area (Å²) in [5.74, 6) is 0. The molecule has 2 heteroatoms. The molecule has 0 atom stereocenters. The molecule has 0 saturated carbocycles. The van der Waals surface area contributed by atoms with Gasteiger partial charge in [-0.25, -0.2) is 0 Å². The SMILES string of the molecule is CC1(C)c2ccccc2-c2cccc(-n3c4ccccc4c4ccccc43)c21.c1ccc2c(c1)[nH]c1ccccc12. The Hall–Kier alpha value is -5.08. The monoisotopic (exact) mass is 526 g/mol. The average molecular weight is 527 g/mol. The first-order valence-electron chi connectivity index (χ1n) is 14.3. The van der Waals surface area contributed by atoms with Gasteiger partial charge in [0.05, 0.1) is 16.7 Å². The number of hydrogen-bond donors (Lipinski definition) is 1. The molecule has 0 bridgehead atoms. The van der Waals surface area contributed by atoms with Crippen LogP contribution in [-0.2, 0) is 5.41 Å². The summed E-state index contributed by atoms with van der Waals surface area (Å²) in [5.41, 5.74) is 11.8. The van der Waals surface area contributed by atoms with Crippen LogP contribution < -0.4 is 0 Å². The predicted octanol–water partition coefficient (Wildman–Crippen LogP) is 10.4. The topological polar surface area (TPSA) is 20.7 Å². The molecule has 0 radical (unpaired) electrons. The lowest BCUT2D eigenvalue weighted by Gasteiger charge is -2.25. The van der Waals surface area contributed by atoms with E-state index >= 15 is 0 Å². The number of benzene rings is 6. The van der Waals surface area contributed by atoms with Crippen molar-refractivity contribution in [1.29, 1.82) is 0 Å². The molecule has 41 heavy (non-hydrogen) atoms. The number of hydrogen-bond acceptors (Lipinski definition) is 0. The summed E-state index contributed by atoms with van der Waals surface area (Å²) in [7, 11) is 0. The number of rotatable bonds is 1. The van der Waals surface area contributed by atoms with E-state index in [1.807, 2.05) is 0 Å². The fraction of sp³-hybridized carbons (Fsp3) is 0.0769. The standard InChI is InChI=1S/C27H21N.C12H9N/c1-27(2)22-14-6-3-10-18(22)21-13-9-17-25(26(21)27)28-23-15-7-4-11-19(23)20-12-5-8-16-24(20)28;1-3-7-11-9(5-1)10-6-2-4-8-12(10)13-11/h3-17H,1-2H3;1-8,13H. The molecule has 0 aliphatic heterocycles. The molecule has 1 aliphatic rings. The van der Waals surface area contributed by atoms with Crippen LogP contribution in [0.5, 0.6) is 0 Å². The Kier molecular flexibility index (Phi) is 5.20. The van der Waals surface area contributed by atoms with Crippen molar-refractivity contribution < 1.29 is 0 Å². The number of fused-ring (bicyclic) bond motifs is 9. The zero-order chi connectivity index (χ0) is 27.6. The highest BCUT2D eigenvalue weighted by Crippen LogP contribution is 2.51. The Morgan fingerprint density at radius 1 is 0.463 bits per heavy atom. The van der Waals surface area contributed by atoms with Crippen molar-refractivity contribution >= 4 is 43.6 Å². The molecular formula is C39H30N2. The second-order valence-corrected chi connectivity index (χ2v) is 11.5. The van der Waals surface area contributed by atoms with Crippen molar-refractivity contribution in [2.45, 2.75) is 19.3 Å². The lowest BCUT2D eigenvalue weighted by atomic mass is 9.81. The van der Waals surface area contributed by atoms with Gasteiger partial charge < -0.3 is 9.55 Å². The molecule has 0 fully saturated rings. The van der Waals surface area contributed by atoms with E-state index in [1.165, 1.54) is 71.6 Å². The zero-order valence-electron chi connectivity index (χ0n) is 23.2. The van der Waals surface area contributed by atoms with Crippen LogP contribution in [0.1, 0.15) is 25.0 Å². The van der Waals surface area contributed by atoms with Gasteiger partial charge in [-0.15, -0.1) is 0 Å². The summed E-state index contributed by atoms with van der Waals surface area (Å²) in [4.78, 5) is 3.38. The van der Waals surface area contributed by atoms with Crippen LogP contribution in [0.25, 0.3) is 60.4 Å². The van der Waals surface area contributed by atoms with Crippen LogP contribution in [0, 0.1) is 0 Å². The molecule has 2 aromatic heterocycles. The molecule has 0 saturated heterocycles. The van der Waals surface area contributed by atoms with Crippen molar-refractivity contribution in [1.82, 2.24) is 9.55 Å². The second kappa shape index (κ2) is 8.97. The molecule has 2 nitrogen and oxygen atoms in total. The minimum atomic E-state index is -0.0327. The Morgan fingerprint density at radius 2 is 0.951 bits per heavy atom. The van der Waals surface area contributed by atoms with Crippen LogP contribution in [-0.4, -0.2) is 9.55 Å². The van der Waals surface area contributed by atoms with Crippen LogP contribution in [0.4, 0.5) is 0 Å². The van der Waals surface area contributed by atoms with E-state index in [-0.39, 0.29) is 5.41 Å². The van der Waals surface area contributed by atoms with Gasteiger partial charge >= 0.3 is 0 Å². The van der Waals surface area contributed by atoms with E-state index in [1.54, 1.807) is 0 Å². The van der Waals surface area contributed by atoms with Gasteiger partial charge in [-0.2, -0.15) is 0 Å². The van der Waals surface area contributed by atoms with Gasteiger partial charge in [0.15, 0.2) is 0 Å². The maximum absolute atomic E-state index is 3.38. The Labute approximate surface area is 239 Å². The molecule has 0 spiro atoms. The summed E-state index contributed by atoms with van der Waals surface area (Å²) < 4.78 is 2.46. The summed E-state index contributed by atoms with van der Waals surface area (Å²) in [6, 6.07) is 49.9. The number of aromatic amines is 1. The Balaban J connectivity index is 0.000000164. The smallest absolute Gasteiger partial charge is 0.0541 e. The average Bonchev–Trinajstić information content (AvgIpc) is 3.64. The molecule has 196 valence electrons. The van der Waals surface area contributed by atoms with Crippen molar-refractivity contribution in [2.75, 3.05) is 0 Å².